The van der Waals surface area contributed by atoms with E-state index in [2.05, 4.69) is 21.2 Å². The third-order valence-electron chi connectivity index (χ3n) is 3.81. The second-order valence-electron chi connectivity index (χ2n) is 5.09. The van der Waals surface area contributed by atoms with Gasteiger partial charge in [0.15, 0.2) is 0 Å². The summed E-state index contributed by atoms with van der Waals surface area (Å²) in [7, 11) is 0. The van der Waals surface area contributed by atoms with Crippen molar-refractivity contribution in [3.8, 4) is 0 Å². The molecule has 1 atom stereocenters. The van der Waals surface area contributed by atoms with Crippen molar-refractivity contribution in [2.45, 2.75) is 31.7 Å². The molecule has 0 aliphatic heterocycles. The molecule has 1 fully saturated rings. The summed E-state index contributed by atoms with van der Waals surface area (Å²) >= 11 is 3.42. The number of hydrogen-bond donors (Lipinski definition) is 3. The molecule has 4 nitrogen and oxygen atoms in total. The van der Waals surface area contributed by atoms with E-state index in [1.54, 1.807) is 6.07 Å². The highest BCUT2D eigenvalue weighted by Gasteiger charge is 2.24. The number of amides is 1. The molecule has 2 rings (SSSR count). The number of carbonyl (C=O) groups excluding carboxylic acids is 1. The molecule has 1 saturated carbocycles. The van der Waals surface area contributed by atoms with Gasteiger partial charge in [0.1, 0.15) is 0 Å². The van der Waals surface area contributed by atoms with Crippen LogP contribution in [-0.4, -0.2) is 18.5 Å². The van der Waals surface area contributed by atoms with Gasteiger partial charge in [0.05, 0.1) is 5.56 Å². The molecule has 0 heterocycles. The number of benzene rings is 1. The lowest BCUT2D eigenvalue weighted by molar-refractivity contribution is 0.100. The molecule has 5 heteroatoms. The minimum Gasteiger partial charge on any atom is -0.380 e. The number of carbonyl (C=O) groups is 1. The second-order valence-corrected chi connectivity index (χ2v) is 6.00. The van der Waals surface area contributed by atoms with Crippen LogP contribution in [0.5, 0.6) is 0 Å². The number of anilines is 1. The molecule has 1 aromatic rings. The number of hydrogen-bond acceptors (Lipinski definition) is 3. The first-order chi connectivity index (χ1) is 9.11. The summed E-state index contributed by atoms with van der Waals surface area (Å²) in [4.78, 5) is 11.5. The Morgan fingerprint density at radius 3 is 2.68 bits per heavy atom. The summed E-state index contributed by atoms with van der Waals surface area (Å²) in [6, 6.07) is 5.64. The number of rotatable bonds is 5. The SMILES string of the molecule is NCC(Nc1cc(Br)ccc1C(N)=O)C1CCCC1. The van der Waals surface area contributed by atoms with Gasteiger partial charge in [-0.25, -0.2) is 0 Å². The molecule has 1 aliphatic carbocycles. The fourth-order valence-electron chi connectivity index (χ4n) is 2.78. The van der Waals surface area contributed by atoms with Gasteiger partial charge in [0, 0.05) is 22.7 Å². The largest absolute Gasteiger partial charge is 0.380 e. The maximum Gasteiger partial charge on any atom is 0.250 e. The van der Waals surface area contributed by atoms with Crippen LogP contribution >= 0.6 is 15.9 Å². The summed E-state index contributed by atoms with van der Waals surface area (Å²) in [5, 5.41) is 3.41. The molecular weight excluding hydrogens is 306 g/mol. The molecule has 0 saturated heterocycles. The van der Waals surface area contributed by atoms with Crippen LogP contribution in [-0.2, 0) is 0 Å². The number of nitrogens with one attached hydrogen (secondary N) is 1. The second kappa shape index (κ2) is 6.39. The Morgan fingerprint density at radius 1 is 1.42 bits per heavy atom. The summed E-state index contributed by atoms with van der Waals surface area (Å²) in [6.07, 6.45) is 4.94. The number of nitrogens with two attached hydrogens (primary N) is 2. The molecule has 0 aromatic heterocycles. The summed E-state index contributed by atoms with van der Waals surface area (Å²) in [5.74, 6) is 0.168. The normalized spacial score (nSPS) is 17.4. The van der Waals surface area contributed by atoms with E-state index in [0.717, 1.165) is 10.2 Å². The van der Waals surface area contributed by atoms with E-state index in [1.165, 1.54) is 25.7 Å². The lowest BCUT2D eigenvalue weighted by atomic mass is 9.97. The van der Waals surface area contributed by atoms with Gasteiger partial charge >= 0.3 is 0 Å². The van der Waals surface area contributed by atoms with Gasteiger partial charge in [0.25, 0.3) is 5.91 Å². The molecule has 19 heavy (non-hydrogen) atoms. The molecule has 1 amide bonds. The van der Waals surface area contributed by atoms with Crippen LogP contribution in [0.2, 0.25) is 0 Å². The standard InChI is InChI=1S/C14H20BrN3O/c15-10-5-6-11(14(17)19)12(7-10)18-13(8-16)9-3-1-2-4-9/h5-7,9,13,18H,1-4,8,16H2,(H2,17,19). The quantitative estimate of drug-likeness (QED) is 0.777. The van der Waals surface area contributed by atoms with E-state index in [0.29, 0.717) is 18.0 Å². The fraction of sp³-hybridized carbons (Fsp3) is 0.500. The van der Waals surface area contributed by atoms with E-state index in [9.17, 15) is 4.79 Å². The average molecular weight is 326 g/mol. The first kappa shape index (κ1) is 14.3. The summed E-state index contributed by atoms with van der Waals surface area (Å²) in [6.45, 7) is 0.565. The van der Waals surface area contributed by atoms with Crippen LogP contribution in [0.1, 0.15) is 36.0 Å². The molecule has 1 aliphatic rings. The van der Waals surface area contributed by atoms with Crippen molar-refractivity contribution >= 4 is 27.5 Å². The third-order valence-corrected chi connectivity index (χ3v) is 4.30. The Hall–Kier alpha value is -1.07. The van der Waals surface area contributed by atoms with E-state index in [1.807, 2.05) is 12.1 Å². The highest BCUT2D eigenvalue weighted by Crippen LogP contribution is 2.30. The highest BCUT2D eigenvalue weighted by molar-refractivity contribution is 9.10. The smallest absolute Gasteiger partial charge is 0.250 e. The minimum atomic E-state index is -0.419. The van der Waals surface area contributed by atoms with Crippen LogP contribution < -0.4 is 16.8 Å². The summed E-state index contributed by atoms with van der Waals surface area (Å²) in [5.41, 5.74) is 12.6. The molecular formula is C14H20BrN3O. The van der Waals surface area contributed by atoms with E-state index < -0.39 is 5.91 Å². The third kappa shape index (κ3) is 3.48. The zero-order chi connectivity index (χ0) is 13.8. The molecule has 0 bridgehead atoms. The lowest BCUT2D eigenvalue weighted by Crippen LogP contribution is -2.35. The van der Waals surface area contributed by atoms with Gasteiger partial charge in [-0.1, -0.05) is 28.8 Å². The Balaban J connectivity index is 2.20. The van der Waals surface area contributed by atoms with Crippen molar-refractivity contribution in [3.63, 3.8) is 0 Å². The first-order valence-corrected chi connectivity index (χ1v) is 7.47. The minimum absolute atomic E-state index is 0.204. The monoisotopic (exact) mass is 325 g/mol. The van der Waals surface area contributed by atoms with Crippen LogP contribution in [0, 0.1) is 5.92 Å². The van der Waals surface area contributed by atoms with E-state index in [-0.39, 0.29) is 6.04 Å². The number of halogens is 1. The Labute approximate surface area is 122 Å². The van der Waals surface area contributed by atoms with Crippen molar-refractivity contribution in [2.75, 3.05) is 11.9 Å². The van der Waals surface area contributed by atoms with Crippen LogP contribution in [0.25, 0.3) is 0 Å². The van der Waals surface area contributed by atoms with E-state index >= 15 is 0 Å². The zero-order valence-electron chi connectivity index (χ0n) is 10.9. The fourth-order valence-corrected chi connectivity index (χ4v) is 3.14. The van der Waals surface area contributed by atoms with Gasteiger partial charge in [-0.15, -0.1) is 0 Å². The van der Waals surface area contributed by atoms with Gasteiger partial charge in [0.2, 0.25) is 0 Å². The van der Waals surface area contributed by atoms with Crippen LogP contribution in [0.15, 0.2) is 22.7 Å². The van der Waals surface area contributed by atoms with Crippen molar-refractivity contribution in [1.82, 2.24) is 0 Å². The maximum absolute atomic E-state index is 11.5. The van der Waals surface area contributed by atoms with Crippen LogP contribution in [0.4, 0.5) is 5.69 Å². The predicted octanol–water partition coefficient (Wildman–Crippen LogP) is 2.48. The van der Waals surface area contributed by atoms with Gasteiger partial charge in [-0.3, -0.25) is 4.79 Å². The highest BCUT2D eigenvalue weighted by atomic mass is 79.9. The molecule has 5 N–H and O–H groups in total. The number of primary amides is 1. The van der Waals surface area contributed by atoms with Gasteiger partial charge in [-0.05, 0) is 37.0 Å². The van der Waals surface area contributed by atoms with Crippen molar-refractivity contribution in [3.05, 3.63) is 28.2 Å². The van der Waals surface area contributed by atoms with Gasteiger partial charge < -0.3 is 16.8 Å². The average Bonchev–Trinajstić information content (AvgIpc) is 2.89. The zero-order valence-corrected chi connectivity index (χ0v) is 12.4. The molecule has 0 spiro atoms. The molecule has 0 radical (unpaired) electrons. The Morgan fingerprint density at radius 2 is 2.11 bits per heavy atom. The lowest BCUT2D eigenvalue weighted by Gasteiger charge is -2.25. The van der Waals surface area contributed by atoms with Crippen molar-refractivity contribution in [2.24, 2.45) is 17.4 Å². The predicted molar refractivity (Wildman–Crippen MR) is 81.1 cm³/mol. The van der Waals surface area contributed by atoms with Gasteiger partial charge in [-0.2, -0.15) is 0 Å². The Bertz CT molecular complexity index is 458. The van der Waals surface area contributed by atoms with E-state index in [4.69, 9.17) is 11.5 Å². The molecule has 1 unspecified atom stereocenters. The van der Waals surface area contributed by atoms with Crippen molar-refractivity contribution in [1.29, 1.82) is 0 Å². The van der Waals surface area contributed by atoms with Crippen molar-refractivity contribution < 1.29 is 4.79 Å². The topological polar surface area (TPSA) is 81.1 Å². The molecule has 1 aromatic carbocycles. The first-order valence-electron chi connectivity index (χ1n) is 6.67. The van der Waals surface area contributed by atoms with Crippen LogP contribution in [0.3, 0.4) is 0 Å². The Kier molecular flexibility index (Phi) is 4.82. The molecule has 104 valence electrons. The summed E-state index contributed by atoms with van der Waals surface area (Å²) < 4.78 is 0.919. The maximum atomic E-state index is 11.5.